The molecule has 0 fully saturated rings. The van der Waals surface area contributed by atoms with Crippen molar-refractivity contribution in [3.05, 3.63) is 40.5 Å². The van der Waals surface area contributed by atoms with Crippen molar-refractivity contribution in [3.8, 4) is 0 Å². The van der Waals surface area contributed by atoms with E-state index in [0.29, 0.717) is 21.5 Å². The Morgan fingerprint density at radius 3 is 2.26 bits per heavy atom. The molecule has 2 aromatic rings. The number of halogens is 4. The summed E-state index contributed by atoms with van der Waals surface area (Å²) in [5.74, 6) is 0. The molecule has 0 unspecified atom stereocenters. The highest BCUT2D eigenvalue weighted by Gasteiger charge is 2.31. The lowest BCUT2D eigenvalue weighted by Crippen LogP contribution is -2.14. The molecular weight excluding hydrogens is 275 g/mol. The SMILES string of the molecule is CC(C)(C)c1c(Cl)cnc2ccc(C(F)(F)F)cc12. The van der Waals surface area contributed by atoms with Crippen LogP contribution in [-0.2, 0) is 11.6 Å². The van der Waals surface area contributed by atoms with Crippen molar-refractivity contribution < 1.29 is 13.2 Å². The van der Waals surface area contributed by atoms with Gasteiger partial charge in [-0.15, -0.1) is 0 Å². The monoisotopic (exact) mass is 287 g/mol. The van der Waals surface area contributed by atoms with Gasteiger partial charge in [0.25, 0.3) is 0 Å². The zero-order chi connectivity index (χ0) is 14.4. The lowest BCUT2D eigenvalue weighted by molar-refractivity contribution is -0.137. The first-order chi connectivity index (χ1) is 8.60. The summed E-state index contributed by atoms with van der Waals surface area (Å²) < 4.78 is 38.4. The molecule has 0 aliphatic carbocycles. The maximum Gasteiger partial charge on any atom is 0.416 e. The second-order valence-corrected chi connectivity index (χ2v) is 5.87. The smallest absolute Gasteiger partial charge is 0.255 e. The minimum atomic E-state index is -4.37. The van der Waals surface area contributed by atoms with Crippen LogP contribution in [0.3, 0.4) is 0 Å². The topological polar surface area (TPSA) is 12.9 Å². The van der Waals surface area contributed by atoms with E-state index >= 15 is 0 Å². The zero-order valence-corrected chi connectivity index (χ0v) is 11.5. The molecule has 1 nitrogen and oxygen atoms in total. The van der Waals surface area contributed by atoms with Crippen LogP contribution < -0.4 is 0 Å². The van der Waals surface area contributed by atoms with Gasteiger partial charge in [0, 0.05) is 11.6 Å². The molecule has 1 aromatic heterocycles. The molecule has 2 rings (SSSR count). The van der Waals surface area contributed by atoms with Crippen LogP contribution in [0.25, 0.3) is 10.9 Å². The molecule has 0 atom stereocenters. The normalized spacial score (nSPS) is 13.0. The van der Waals surface area contributed by atoms with E-state index in [1.807, 2.05) is 20.8 Å². The minimum absolute atomic E-state index is 0.359. The number of alkyl halides is 3. The Labute approximate surface area is 114 Å². The summed E-state index contributed by atoms with van der Waals surface area (Å²) in [5, 5.41) is 0.842. The summed E-state index contributed by atoms with van der Waals surface area (Å²) in [7, 11) is 0. The molecule has 1 aromatic carbocycles. The number of fused-ring (bicyclic) bond motifs is 1. The van der Waals surface area contributed by atoms with Gasteiger partial charge < -0.3 is 0 Å². The zero-order valence-electron chi connectivity index (χ0n) is 10.8. The van der Waals surface area contributed by atoms with Crippen LogP contribution in [0, 0.1) is 0 Å². The summed E-state index contributed by atoms with van der Waals surface area (Å²) in [4.78, 5) is 4.08. The van der Waals surface area contributed by atoms with Gasteiger partial charge in [0.1, 0.15) is 0 Å². The maximum absolute atomic E-state index is 12.8. The third-order valence-electron chi connectivity index (χ3n) is 2.90. The van der Waals surface area contributed by atoms with Gasteiger partial charge in [0.05, 0.1) is 16.1 Å². The van der Waals surface area contributed by atoms with Gasteiger partial charge in [-0.1, -0.05) is 32.4 Å². The number of pyridine rings is 1. The predicted molar refractivity (Wildman–Crippen MR) is 70.5 cm³/mol. The number of benzene rings is 1. The van der Waals surface area contributed by atoms with Gasteiger partial charge in [-0.05, 0) is 29.2 Å². The number of aromatic nitrogens is 1. The number of rotatable bonds is 0. The van der Waals surface area contributed by atoms with Crippen LogP contribution in [0.15, 0.2) is 24.4 Å². The number of hydrogen-bond acceptors (Lipinski definition) is 1. The molecule has 19 heavy (non-hydrogen) atoms. The maximum atomic E-state index is 12.8. The molecule has 0 spiro atoms. The van der Waals surface area contributed by atoms with E-state index in [9.17, 15) is 13.2 Å². The minimum Gasteiger partial charge on any atom is -0.255 e. The first-order valence-electron chi connectivity index (χ1n) is 5.76. The summed E-state index contributed by atoms with van der Waals surface area (Å²) in [5.41, 5.74) is 0.157. The predicted octanol–water partition coefficient (Wildman–Crippen LogP) is 5.20. The van der Waals surface area contributed by atoms with E-state index in [-0.39, 0.29) is 5.41 Å². The van der Waals surface area contributed by atoms with E-state index in [0.717, 1.165) is 12.1 Å². The summed E-state index contributed by atoms with van der Waals surface area (Å²) in [6, 6.07) is 3.54. The Bertz CT molecular complexity index is 627. The average Bonchev–Trinajstić information content (AvgIpc) is 2.24. The van der Waals surface area contributed by atoms with Gasteiger partial charge in [0.2, 0.25) is 0 Å². The largest absolute Gasteiger partial charge is 0.416 e. The molecule has 0 saturated carbocycles. The fourth-order valence-electron chi connectivity index (χ4n) is 2.11. The van der Waals surface area contributed by atoms with E-state index in [1.165, 1.54) is 12.3 Å². The van der Waals surface area contributed by atoms with Gasteiger partial charge in [0.15, 0.2) is 0 Å². The molecule has 0 saturated heterocycles. The van der Waals surface area contributed by atoms with E-state index in [1.54, 1.807) is 0 Å². The first-order valence-corrected chi connectivity index (χ1v) is 6.14. The highest BCUT2D eigenvalue weighted by molar-refractivity contribution is 6.32. The molecule has 0 amide bonds. The Morgan fingerprint density at radius 2 is 1.74 bits per heavy atom. The van der Waals surface area contributed by atoms with Crippen molar-refractivity contribution in [1.82, 2.24) is 4.98 Å². The van der Waals surface area contributed by atoms with Crippen molar-refractivity contribution in [3.63, 3.8) is 0 Å². The van der Waals surface area contributed by atoms with Crippen molar-refractivity contribution in [1.29, 1.82) is 0 Å². The van der Waals surface area contributed by atoms with Crippen LogP contribution >= 0.6 is 11.6 Å². The number of hydrogen-bond donors (Lipinski definition) is 0. The van der Waals surface area contributed by atoms with Crippen LogP contribution in [0.5, 0.6) is 0 Å². The molecule has 1 heterocycles. The quantitative estimate of drug-likeness (QED) is 0.648. The van der Waals surface area contributed by atoms with Crippen molar-refractivity contribution in [2.45, 2.75) is 32.4 Å². The lowest BCUT2D eigenvalue weighted by atomic mass is 9.84. The summed E-state index contributed by atoms with van der Waals surface area (Å²) in [6.45, 7) is 5.73. The molecule has 0 radical (unpaired) electrons. The molecular formula is C14H13ClF3N. The van der Waals surface area contributed by atoms with E-state index in [4.69, 9.17) is 11.6 Å². The highest BCUT2D eigenvalue weighted by atomic mass is 35.5. The van der Waals surface area contributed by atoms with Crippen molar-refractivity contribution in [2.75, 3.05) is 0 Å². The molecule has 0 N–H and O–H groups in total. The van der Waals surface area contributed by atoms with Gasteiger partial charge >= 0.3 is 6.18 Å². The van der Waals surface area contributed by atoms with Gasteiger partial charge in [-0.3, -0.25) is 4.98 Å². The van der Waals surface area contributed by atoms with Crippen LogP contribution in [-0.4, -0.2) is 4.98 Å². The Balaban J connectivity index is 2.83. The fraction of sp³-hybridized carbons (Fsp3) is 0.357. The number of nitrogens with zero attached hydrogens (tertiary/aromatic N) is 1. The molecule has 0 aliphatic heterocycles. The van der Waals surface area contributed by atoms with Crippen LogP contribution in [0.2, 0.25) is 5.02 Å². The van der Waals surface area contributed by atoms with Crippen molar-refractivity contribution >= 4 is 22.5 Å². The molecule has 102 valence electrons. The van der Waals surface area contributed by atoms with Gasteiger partial charge in [-0.25, -0.2) is 0 Å². The standard InChI is InChI=1S/C14H13ClF3N/c1-13(2,3)12-9-6-8(14(16,17)18)4-5-11(9)19-7-10(12)15/h4-7H,1-3H3. The molecule has 5 heteroatoms. The Morgan fingerprint density at radius 1 is 1.11 bits per heavy atom. The van der Waals surface area contributed by atoms with E-state index in [2.05, 4.69) is 4.98 Å². The Kier molecular flexibility index (Phi) is 3.25. The third-order valence-corrected chi connectivity index (χ3v) is 3.19. The first kappa shape index (κ1) is 14.1. The third kappa shape index (κ3) is 2.68. The van der Waals surface area contributed by atoms with Crippen LogP contribution in [0.1, 0.15) is 31.9 Å². The Hall–Kier alpha value is -1.29. The van der Waals surface area contributed by atoms with E-state index < -0.39 is 11.7 Å². The highest BCUT2D eigenvalue weighted by Crippen LogP contribution is 2.37. The average molecular weight is 288 g/mol. The van der Waals surface area contributed by atoms with Crippen molar-refractivity contribution in [2.24, 2.45) is 0 Å². The summed E-state index contributed by atoms with van der Waals surface area (Å²) in [6.07, 6.45) is -2.89. The lowest BCUT2D eigenvalue weighted by Gasteiger charge is -2.23. The molecule has 0 bridgehead atoms. The van der Waals surface area contributed by atoms with Crippen LogP contribution in [0.4, 0.5) is 13.2 Å². The molecule has 0 aliphatic rings. The summed E-state index contributed by atoms with van der Waals surface area (Å²) >= 11 is 6.11. The fourth-order valence-corrected chi connectivity index (χ4v) is 2.54. The second kappa shape index (κ2) is 4.37. The second-order valence-electron chi connectivity index (χ2n) is 5.46. The van der Waals surface area contributed by atoms with Gasteiger partial charge in [-0.2, -0.15) is 13.2 Å².